The second-order valence-corrected chi connectivity index (χ2v) is 4.42. The van der Waals surface area contributed by atoms with Gasteiger partial charge in [0.25, 0.3) is 2.86 Å². The Morgan fingerprint density at radius 1 is 1.05 bits per heavy atom. The largest absolute Gasteiger partial charge is 0.508 e. The molecule has 3 aromatic rings. The van der Waals surface area contributed by atoms with Crippen LogP contribution in [0.2, 0.25) is 0 Å². The fourth-order valence-electron chi connectivity index (χ4n) is 1.98. The van der Waals surface area contributed by atoms with E-state index in [9.17, 15) is 20.1 Å². The van der Waals surface area contributed by atoms with E-state index in [0.717, 1.165) is 12.1 Å². The lowest BCUT2D eigenvalue weighted by molar-refractivity contribution is 0.403. The molecular formula is C15H10O7. The lowest BCUT2D eigenvalue weighted by Crippen LogP contribution is -2.02. The van der Waals surface area contributed by atoms with Gasteiger partial charge in [-0.3, -0.25) is 4.79 Å². The average Bonchev–Trinajstić information content (AvgIpc) is 2.63. The van der Waals surface area contributed by atoms with Crippen molar-refractivity contribution in [3.05, 3.63) is 40.5 Å². The van der Waals surface area contributed by atoms with Gasteiger partial charge >= 0.3 is 0 Å². The third kappa shape index (κ3) is 1.96. The van der Waals surface area contributed by atoms with Crippen molar-refractivity contribution in [1.82, 2.24) is 0 Å². The first-order valence-electron chi connectivity index (χ1n) is 7.75. The van der Waals surface area contributed by atoms with E-state index in [1.165, 1.54) is 6.07 Å². The molecule has 0 radical (unpaired) electrons. The Bertz CT molecular complexity index is 1090. The fraction of sp³-hybridized carbons (Fsp3) is 0. The third-order valence-corrected chi connectivity index (χ3v) is 3.00. The van der Waals surface area contributed by atoms with Crippen LogP contribution in [0.1, 0.15) is 2.74 Å². The Labute approximate surface area is 128 Å². The topological polar surface area (TPSA) is 131 Å². The second-order valence-electron chi connectivity index (χ2n) is 4.42. The minimum absolute atomic E-state index is 0.0312. The summed E-state index contributed by atoms with van der Waals surface area (Å²) >= 11 is 0. The summed E-state index contributed by atoms with van der Waals surface area (Å²) in [5.74, 6) is -3.54. The smallest absolute Gasteiger partial charge is 0.293 e. The summed E-state index contributed by atoms with van der Waals surface area (Å²) in [6.07, 6.45) is 0. The molecule has 0 fully saturated rings. The molecule has 7 heteroatoms. The van der Waals surface area contributed by atoms with Crippen LogP contribution in [0.25, 0.3) is 22.3 Å². The molecule has 0 unspecified atom stereocenters. The molecule has 0 aliphatic rings. The summed E-state index contributed by atoms with van der Waals surface area (Å²) in [6, 6.07) is 1.92. The van der Waals surface area contributed by atoms with Crippen molar-refractivity contribution in [1.29, 1.82) is 2.86 Å². The van der Waals surface area contributed by atoms with E-state index in [1.807, 2.05) is 0 Å². The molecular weight excluding hydrogens is 292 g/mol. The average molecular weight is 306 g/mol. The summed E-state index contributed by atoms with van der Waals surface area (Å²) in [7, 11) is 0. The Morgan fingerprint density at radius 2 is 1.86 bits per heavy atom. The van der Waals surface area contributed by atoms with Crippen LogP contribution in [0.5, 0.6) is 28.7 Å². The molecule has 0 bridgehead atoms. The van der Waals surface area contributed by atoms with Crippen LogP contribution >= 0.6 is 0 Å². The van der Waals surface area contributed by atoms with E-state index < -0.39 is 57.2 Å². The molecule has 2 aromatic carbocycles. The van der Waals surface area contributed by atoms with Crippen LogP contribution in [0.15, 0.2) is 39.5 Å². The number of rotatable bonds is 3. The minimum atomic E-state index is -1.02. The molecule has 5 N–H and O–H groups in total. The summed E-state index contributed by atoms with van der Waals surface area (Å²) in [5.41, 5.74) is -1.49. The van der Waals surface area contributed by atoms with E-state index in [1.54, 1.807) is 0 Å². The molecule has 1 heterocycles. The maximum absolute atomic E-state index is 12.7. The molecule has 0 aliphatic heterocycles. The SMILES string of the molecule is [2H]Oc1c(-c2ccc(O)c(O)c2)oc2c([2H])c(O)c([2H])c(O[2H])c2c1=O. The monoisotopic (exact) mass is 306 g/mol. The number of phenols is 4. The van der Waals surface area contributed by atoms with E-state index in [-0.39, 0.29) is 11.3 Å². The number of aromatic hydroxyl groups is 5. The first-order chi connectivity index (χ1) is 12.3. The standard InChI is InChI=1S/C15H10O7/c16-7-4-10(19)12-11(5-7)22-15(14(21)13(12)20)6-1-2-8(17)9(18)3-6/h1-5,16-19,21H/i4D,5D/hD2. The first-order valence-corrected chi connectivity index (χ1v) is 5.93. The molecule has 0 amide bonds. The molecule has 0 aliphatic carbocycles. The summed E-state index contributed by atoms with van der Waals surface area (Å²) in [5, 5.41) is 36.9. The van der Waals surface area contributed by atoms with Gasteiger partial charge in [-0.2, -0.15) is 0 Å². The van der Waals surface area contributed by atoms with E-state index in [2.05, 4.69) is 10.2 Å². The number of fused-ring (bicyclic) bond motifs is 1. The highest BCUT2D eigenvalue weighted by Gasteiger charge is 2.19. The Kier molecular flexibility index (Phi) is 1.99. The van der Waals surface area contributed by atoms with Gasteiger partial charge in [0.1, 0.15) is 22.5 Å². The van der Waals surface area contributed by atoms with Gasteiger partial charge in [0.2, 0.25) is 11.2 Å². The maximum Gasteiger partial charge on any atom is 0.293 e. The highest BCUT2D eigenvalue weighted by molar-refractivity contribution is 5.88. The summed E-state index contributed by atoms with van der Waals surface area (Å²) in [6.45, 7) is 0. The zero-order chi connectivity index (χ0) is 19.2. The van der Waals surface area contributed by atoms with Gasteiger partial charge in [-0.05, 0) is 18.2 Å². The van der Waals surface area contributed by atoms with Crippen molar-refractivity contribution in [3.8, 4) is 40.1 Å². The lowest BCUT2D eigenvalue weighted by atomic mass is 10.1. The van der Waals surface area contributed by atoms with Crippen LogP contribution in [-0.4, -0.2) is 28.4 Å². The Hall–Kier alpha value is -3.35. The van der Waals surface area contributed by atoms with E-state index in [4.69, 9.17) is 10.0 Å². The lowest BCUT2D eigenvalue weighted by Gasteiger charge is -2.08. The normalized spacial score (nSPS) is 13.1. The maximum atomic E-state index is 12.7. The predicted octanol–water partition coefficient (Wildman–Crippen LogP) is 1.99. The zero-order valence-electron chi connectivity index (χ0n) is 14.7. The van der Waals surface area contributed by atoms with Crippen LogP contribution < -0.4 is 5.43 Å². The van der Waals surface area contributed by atoms with Crippen LogP contribution in [0.3, 0.4) is 0 Å². The fourth-order valence-corrected chi connectivity index (χ4v) is 1.98. The Morgan fingerprint density at radius 3 is 2.55 bits per heavy atom. The summed E-state index contributed by atoms with van der Waals surface area (Å²) < 4.78 is 35.1. The van der Waals surface area contributed by atoms with Crippen LogP contribution in [0.4, 0.5) is 0 Å². The first kappa shape index (κ1) is 9.56. The Balaban J connectivity index is 2.50. The van der Waals surface area contributed by atoms with Crippen LogP contribution in [0, 0.1) is 0 Å². The number of hydrogen-bond donors (Lipinski definition) is 5. The van der Waals surface area contributed by atoms with Gasteiger partial charge in [-0.15, -0.1) is 0 Å². The van der Waals surface area contributed by atoms with Gasteiger partial charge in [0, 0.05) is 17.6 Å². The molecule has 22 heavy (non-hydrogen) atoms. The zero-order valence-corrected chi connectivity index (χ0v) is 10.7. The van der Waals surface area contributed by atoms with Crippen molar-refractivity contribution in [2.75, 3.05) is 0 Å². The van der Waals surface area contributed by atoms with E-state index in [0.29, 0.717) is 0 Å². The highest BCUT2D eigenvalue weighted by atomic mass is 16.4. The van der Waals surface area contributed by atoms with E-state index >= 15 is 0 Å². The van der Waals surface area contributed by atoms with Gasteiger partial charge in [-0.1, -0.05) is 0 Å². The van der Waals surface area contributed by atoms with Gasteiger partial charge in [-0.25, -0.2) is 0 Å². The second kappa shape index (κ2) is 4.59. The predicted molar refractivity (Wildman–Crippen MR) is 76.2 cm³/mol. The molecule has 112 valence electrons. The quantitative estimate of drug-likeness (QED) is 0.467. The van der Waals surface area contributed by atoms with Gasteiger partial charge < -0.3 is 30.0 Å². The van der Waals surface area contributed by atoms with Crippen molar-refractivity contribution >= 4 is 11.0 Å². The van der Waals surface area contributed by atoms with Crippen molar-refractivity contribution in [3.63, 3.8) is 0 Å². The molecule has 3 rings (SSSR count). The summed E-state index contributed by atoms with van der Waals surface area (Å²) in [4.78, 5) is 12.7. The minimum Gasteiger partial charge on any atom is -0.508 e. The van der Waals surface area contributed by atoms with Crippen molar-refractivity contribution in [2.24, 2.45) is 0 Å². The number of phenolic OH excluding ortho intramolecular Hbond substituents is 4. The molecule has 0 saturated heterocycles. The molecule has 0 atom stereocenters. The number of benzene rings is 2. The highest BCUT2D eigenvalue weighted by Crippen LogP contribution is 2.37. The molecule has 0 saturated carbocycles. The van der Waals surface area contributed by atoms with Crippen LogP contribution in [-0.2, 0) is 0 Å². The van der Waals surface area contributed by atoms with Crippen molar-refractivity contribution in [2.45, 2.75) is 0 Å². The van der Waals surface area contributed by atoms with Crippen molar-refractivity contribution < 1.29 is 32.7 Å². The third-order valence-electron chi connectivity index (χ3n) is 3.00. The molecule has 1 aromatic heterocycles. The number of hydrogen-bond acceptors (Lipinski definition) is 7. The van der Waals surface area contributed by atoms with Gasteiger partial charge in [0.15, 0.2) is 17.3 Å². The molecule has 7 nitrogen and oxygen atoms in total. The molecule has 0 spiro atoms. The van der Waals surface area contributed by atoms with Gasteiger partial charge in [0.05, 0.1) is 2.74 Å².